The van der Waals surface area contributed by atoms with Gasteiger partial charge in [-0.15, -0.1) is 17.0 Å². The Morgan fingerprint density at radius 1 is 1.44 bits per heavy atom. The van der Waals surface area contributed by atoms with Crippen molar-refractivity contribution in [3.63, 3.8) is 0 Å². The van der Waals surface area contributed by atoms with Crippen molar-refractivity contribution in [1.29, 1.82) is 0 Å². The standard InChI is InChI=1S/C11H11BrN2O2S.BrH/c12-7-1-3-8(4-2-7)14-11(13)17-9-5-6-16-10(9)15;/h1-4,9H,5-6H2,(H2,13,14);1H. The van der Waals surface area contributed by atoms with Crippen molar-refractivity contribution in [2.75, 3.05) is 6.61 Å². The number of benzene rings is 1. The molecule has 1 aliphatic rings. The predicted octanol–water partition coefficient (Wildman–Crippen LogP) is 3.02. The number of esters is 1. The van der Waals surface area contributed by atoms with Crippen molar-refractivity contribution in [2.45, 2.75) is 11.7 Å². The van der Waals surface area contributed by atoms with Crippen molar-refractivity contribution < 1.29 is 9.53 Å². The Hall–Kier alpha value is -0.530. The molecule has 0 aromatic heterocycles. The molecule has 0 radical (unpaired) electrons. The first-order valence-electron chi connectivity index (χ1n) is 5.08. The number of hydrogen-bond acceptors (Lipinski definition) is 4. The molecule has 0 saturated carbocycles. The van der Waals surface area contributed by atoms with Gasteiger partial charge in [0, 0.05) is 10.9 Å². The van der Waals surface area contributed by atoms with Crippen molar-refractivity contribution >= 4 is 61.5 Å². The van der Waals surface area contributed by atoms with Crippen molar-refractivity contribution in [2.24, 2.45) is 10.7 Å². The molecule has 2 rings (SSSR count). The topological polar surface area (TPSA) is 64.7 Å². The van der Waals surface area contributed by atoms with Gasteiger partial charge in [-0.1, -0.05) is 27.7 Å². The molecule has 0 spiro atoms. The minimum absolute atomic E-state index is 0. The van der Waals surface area contributed by atoms with Crippen LogP contribution in [0.2, 0.25) is 0 Å². The van der Waals surface area contributed by atoms with Crippen LogP contribution in [0.15, 0.2) is 33.7 Å². The minimum atomic E-state index is -0.214. The molecule has 7 heteroatoms. The lowest BCUT2D eigenvalue weighted by atomic mass is 10.3. The Morgan fingerprint density at radius 3 is 2.67 bits per heavy atom. The first-order valence-corrected chi connectivity index (χ1v) is 6.75. The Morgan fingerprint density at radius 2 is 2.11 bits per heavy atom. The molecule has 0 bridgehead atoms. The van der Waals surface area contributed by atoms with E-state index in [4.69, 9.17) is 10.5 Å². The van der Waals surface area contributed by atoms with Crippen LogP contribution in [0, 0.1) is 0 Å². The van der Waals surface area contributed by atoms with Crippen molar-refractivity contribution in [3.8, 4) is 0 Å². The number of halogens is 2. The summed E-state index contributed by atoms with van der Waals surface area (Å²) in [5.41, 5.74) is 6.55. The molecule has 1 aromatic rings. The number of thioether (sulfide) groups is 1. The van der Waals surface area contributed by atoms with Gasteiger partial charge in [-0.3, -0.25) is 4.79 Å². The molecule has 1 fully saturated rings. The number of carbonyl (C=O) groups excluding carboxylic acids is 1. The van der Waals surface area contributed by atoms with Crippen molar-refractivity contribution in [3.05, 3.63) is 28.7 Å². The highest BCUT2D eigenvalue weighted by Gasteiger charge is 2.28. The maximum atomic E-state index is 11.2. The van der Waals surface area contributed by atoms with E-state index < -0.39 is 0 Å². The lowest BCUT2D eigenvalue weighted by Crippen LogP contribution is -2.17. The highest BCUT2D eigenvalue weighted by atomic mass is 79.9. The van der Waals surface area contributed by atoms with Crippen LogP contribution in [-0.2, 0) is 9.53 Å². The number of nitrogens with zero attached hydrogens (tertiary/aromatic N) is 1. The summed E-state index contributed by atoms with van der Waals surface area (Å²) in [5.74, 6) is -0.205. The van der Waals surface area contributed by atoms with E-state index in [1.54, 1.807) is 0 Å². The summed E-state index contributed by atoms with van der Waals surface area (Å²) in [4.78, 5) is 15.5. The van der Waals surface area contributed by atoms with Crippen LogP contribution in [0.25, 0.3) is 0 Å². The molecule has 18 heavy (non-hydrogen) atoms. The van der Waals surface area contributed by atoms with E-state index in [1.165, 1.54) is 11.8 Å². The van der Waals surface area contributed by atoms with Gasteiger partial charge in [0.2, 0.25) is 0 Å². The fraction of sp³-hybridized carbons (Fsp3) is 0.273. The smallest absolute Gasteiger partial charge is 0.319 e. The molecule has 1 aliphatic heterocycles. The second-order valence-corrected chi connectivity index (χ2v) is 5.63. The highest BCUT2D eigenvalue weighted by molar-refractivity contribution is 9.10. The molecule has 0 amide bonds. The van der Waals surface area contributed by atoms with Gasteiger partial charge in [-0.05, 0) is 24.3 Å². The van der Waals surface area contributed by atoms with E-state index in [0.717, 1.165) is 10.2 Å². The van der Waals surface area contributed by atoms with Gasteiger partial charge in [-0.2, -0.15) is 0 Å². The number of rotatable bonds is 2. The summed E-state index contributed by atoms with van der Waals surface area (Å²) in [6.45, 7) is 0.474. The zero-order valence-electron chi connectivity index (χ0n) is 9.34. The number of aliphatic imine (C=N–C) groups is 1. The molecule has 0 aliphatic carbocycles. The molecule has 98 valence electrons. The summed E-state index contributed by atoms with van der Waals surface area (Å²) in [7, 11) is 0. The number of amidine groups is 1. The van der Waals surface area contributed by atoms with Crippen LogP contribution in [0.4, 0.5) is 5.69 Å². The zero-order valence-corrected chi connectivity index (χ0v) is 13.5. The van der Waals surface area contributed by atoms with Crippen LogP contribution in [0.5, 0.6) is 0 Å². The van der Waals surface area contributed by atoms with E-state index in [9.17, 15) is 4.79 Å². The summed E-state index contributed by atoms with van der Waals surface area (Å²) in [6.07, 6.45) is 0.695. The van der Waals surface area contributed by atoms with Crippen LogP contribution in [-0.4, -0.2) is 23.0 Å². The maximum absolute atomic E-state index is 11.2. The van der Waals surface area contributed by atoms with Crippen LogP contribution < -0.4 is 5.73 Å². The third-order valence-electron chi connectivity index (χ3n) is 2.22. The van der Waals surface area contributed by atoms with E-state index in [1.807, 2.05) is 24.3 Å². The van der Waals surface area contributed by atoms with E-state index in [2.05, 4.69) is 20.9 Å². The maximum Gasteiger partial charge on any atom is 0.319 e. The first-order chi connectivity index (χ1) is 8.15. The summed E-state index contributed by atoms with van der Waals surface area (Å²) in [6, 6.07) is 7.48. The molecule has 1 heterocycles. The van der Waals surface area contributed by atoms with Gasteiger partial charge in [0.1, 0.15) is 5.25 Å². The third kappa shape index (κ3) is 4.29. The second-order valence-electron chi connectivity index (χ2n) is 3.49. The summed E-state index contributed by atoms with van der Waals surface area (Å²) >= 11 is 4.60. The van der Waals surface area contributed by atoms with E-state index in [0.29, 0.717) is 18.2 Å². The molecule has 1 unspecified atom stereocenters. The molecular weight excluding hydrogens is 384 g/mol. The number of ether oxygens (including phenoxy) is 1. The summed E-state index contributed by atoms with van der Waals surface area (Å²) in [5, 5.41) is 0.172. The molecule has 2 N–H and O–H groups in total. The Kier molecular flexibility index (Phi) is 6.17. The van der Waals surface area contributed by atoms with Gasteiger partial charge in [-0.25, -0.2) is 4.99 Å². The van der Waals surface area contributed by atoms with Crippen molar-refractivity contribution in [1.82, 2.24) is 0 Å². The fourth-order valence-corrected chi connectivity index (χ4v) is 2.49. The molecular formula is C11H12Br2N2O2S. The number of cyclic esters (lactones) is 1. The van der Waals surface area contributed by atoms with Crippen LogP contribution in [0.1, 0.15) is 6.42 Å². The average molecular weight is 396 g/mol. The lowest BCUT2D eigenvalue weighted by molar-refractivity contribution is -0.137. The molecule has 1 saturated heterocycles. The Bertz CT molecular complexity index is 451. The molecule has 4 nitrogen and oxygen atoms in total. The minimum Gasteiger partial charge on any atom is -0.465 e. The van der Waals surface area contributed by atoms with Gasteiger partial charge >= 0.3 is 5.97 Å². The number of carbonyl (C=O) groups is 1. The fourth-order valence-electron chi connectivity index (χ4n) is 1.40. The predicted molar refractivity (Wildman–Crippen MR) is 82.7 cm³/mol. The lowest BCUT2D eigenvalue weighted by Gasteiger charge is -2.04. The van der Waals surface area contributed by atoms with E-state index >= 15 is 0 Å². The summed E-state index contributed by atoms with van der Waals surface area (Å²) < 4.78 is 5.84. The largest absolute Gasteiger partial charge is 0.465 e. The SMILES string of the molecule is Br.NC(=Nc1ccc(Br)cc1)SC1CCOC1=O. The second kappa shape index (κ2) is 7.16. The average Bonchev–Trinajstić information content (AvgIpc) is 2.68. The van der Waals surface area contributed by atoms with Crippen LogP contribution >= 0.6 is 44.7 Å². The monoisotopic (exact) mass is 394 g/mol. The Balaban J connectivity index is 0.00000162. The Labute approximate surface area is 128 Å². The van der Waals surface area contributed by atoms with Gasteiger partial charge in [0.25, 0.3) is 0 Å². The first kappa shape index (κ1) is 15.5. The zero-order chi connectivity index (χ0) is 12.3. The third-order valence-corrected chi connectivity index (χ3v) is 3.79. The van der Waals surface area contributed by atoms with Gasteiger partial charge in [0.05, 0.1) is 12.3 Å². The van der Waals surface area contributed by atoms with Gasteiger partial charge in [0.15, 0.2) is 5.17 Å². The molecule has 1 aromatic carbocycles. The van der Waals surface area contributed by atoms with Gasteiger partial charge < -0.3 is 10.5 Å². The van der Waals surface area contributed by atoms with E-state index in [-0.39, 0.29) is 28.2 Å². The number of nitrogens with two attached hydrogens (primary N) is 1. The number of hydrogen-bond donors (Lipinski definition) is 1. The normalized spacial score (nSPS) is 19.3. The molecule has 1 atom stereocenters. The quantitative estimate of drug-likeness (QED) is 0.474. The highest BCUT2D eigenvalue weighted by Crippen LogP contribution is 2.24. The van der Waals surface area contributed by atoms with Crippen LogP contribution in [0.3, 0.4) is 0 Å².